The summed E-state index contributed by atoms with van der Waals surface area (Å²) in [4.78, 5) is 5.10. The highest BCUT2D eigenvalue weighted by Gasteiger charge is 2.27. The van der Waals surface area contributed by atoms with Gasteiger partial charge in [-0.2, -0.15) is 0 Å². The maximum Gasteiger partial charge on any atom is 0.0109 e. The Bertz CT molecular complexity index is 234. The molecule has 0 aromatic carbocycles. The lowest BCUT2D eigenvalue weighted by Crippen LogP contribution is -2.47. The van der Waals surface area contributed by atoms with Crippen LogP contribution in [0.15, 0.2) is 0 Å². The van der Waals surface area contributed by atoms with Crippen LogP contribution in [0.4, 0.5) is 0 Å². The third-order valence-electron chi connectivity index (χ3n) is 4.55. The Hall–Kier alpha value is -0.120. The Morgan fingerprint density at radius 3 is 2.47 bits per heavy atom. The second kappa shape index (κ2) is 8.23. The number of likely N-dealkylation sites (tertiary alicyclic amines) is 1. The lowest BCUT2D eigenvalue weighted by molar-refractivity contribution is 0.153. The minimum absolute atomic E-state index is 0.328. The highest BCUT2D eigenvalue weighted by Crippen LogP contribution is 2.21. The topological polar surface area (TPSA) is 18.5 Å². The van der Waals surface area contributed by atoms with Gasteiger partial charge in [0.25, 0.3) is 0 Å². The fourth-order valence-electron chi connectivity index (χ4n) is 2.87. The Balaban J connectivity index is 2.25. The van der Waals surface area contributed by atoms with Crippen LogP contribution in [0.25, 0.3) is 0 Å². The molecule has 3 heteroatoms. The molecule has 0 bridgehead atoms. The monoisotopic (exact) mass is 269 g/mol. The summed E-state index contributed by atoms with van der Waals surface area (Å²) in [5.74, 6) is 0. The van der Waals surface area contributed by atoms with Crippen LogP contribution < -0.4 is 5.32 Å². The van der Waals surface area contributed by atoms with Crippen LogP contribution in [0.3, 0.4) is 0 Å². The summed E-state index contributed by atoms with van der Waals surface area (Å²) in [6.45, 7) is 16.7. The van der Waals surface area contributed by atoms with Gasteiger partial charge in [0.2, 0.25) is 0 Å². The molecule has 1 aliphatic heterocycles. The molecule has 114 valence electrons. The minimum atomic E-state index is 0.328. The fraction of sp³-hybridized carbons (Fsp3) is 1.00. The maximum absolute atomic E-state index is 3.64. The number of nitrogens with one attached hydrogen (secondary N) is 1. The lowest BCUT2D eigenvalue weighted by Gasteiger charge is -2.36. The number of likely N-dealkylation sites (N-methyl/N-ethyl adjacent to an activating group) is 1. The van der Waals surface area contributed by atoms with Crippen LogP contribution in [0.5, 0.6) is 0 Å². The Morgan fingerprint density at radius 2 is 1.89 bits per heavy atom. The molecule has 19 heavy (non-hydrogen) atoms. The first-order valence-corrected chi connectivity index (χ1v) is 8.10. The number of hydrogen-bond donors (Lipinski definition) is 1. The van der Waals surface area contributed by atoms with Gasteiger partial charge in [-0.3, -0.25) is 0 Å². The SMILES string of the molecule is CCCNC(C)C(C)(C)CN(C)CCN1CCCC1. The summed E-state index contributed by atoms with van der Waals surface area (Å²) in [5.41, 5.74) is 0.328. The largest absolute Gasteiger partial charge is 0.314 e. The minimum Gasteiger partial charge on any atom is -0.314 e. The normalized spacial score (nSPS) is 19.3. The highest BCUT2D eigenvalue weighted by molar-refractivity contribution is 4.83. The lowest BCUT2D eigenvalue weighted by atomic mass is 9.84. The first kappa shape index (κ1) is 16.9. The smallest absolute Gasteiger partial charge is 0.0109 e. The molecule has 0 aromatic rings. The highest BCUT2D eigenvalue weighted by atomic mass is 15.2. The van der Waals surface area contributed by atoms with Crippen molar-refractivity contribution in [2.45, 2.75) is 53.0 Å². The molecule has 1 rings (SSSR count). The first-order valence-electron chi connectivity index (χ1n) is 8.10. The van der Waals surface area contributed by atoms with Gasteiger partial charge in [-0.15, -0.1) is 0 Å². The van der Waals surface area contributed by atoms with Gasteiger partial charge < -0.3 is 15.1 Å². The van der Waals surface area contributed by atoms with Crippen LogP contribution in [0.1, 0.15) is 47.0 Å². The molecule has 0 aromatic heterocycles. The zero-order chi connectivity index (χ0) is 14.3. The average molecular weight is 269 g/mol. The molecule has 3 nitrogen and oxygen atoms in total. The number of hydrogen-bond acceptors (Lipinski definition) is 3. The van der Waals surface area contributed by atoms with Crippen molar-refractivity contribution in [3.05, 3.63) is 0 Å². The third-order valence-corrected chi connectivity index (χ3v) is 4.55. The predicted molar refractivity (Wildman–Crippen MR) is 84.7 cm³/mol. The third kappa shape index (κ3) is 6.24. The van der Waals surface area contributed by atoms with Crippen LogP contribution in [-0.4, -0.2) is 62.2 Å². The van der Waals surface area contributed by atoms with Crippen molar-refractivity contribution in [1.82, 2.24) is 15.1 Å². The van der Waals surface area contributed by atoms with Crippen molar-refractivity contribution in [3.63, 3.8) is 0 Å². The summed E-state index contributed by atoms with van der Waals surface area (Å²) < 4.78 is 0. The molecule has 0 aliphatic carbocycles. The molecule has 1 saturated heterocycles. The predicted octanol–water partition coefficient (Wildman–Crippen LogP) is 2.43. The van der Waals surface area contributed by atoms with E-state index >= 15 is 0 Å². The molecular weight excluding hydrogens is 234 g/mol. The quantitative estimate of drug-likeness (QED) is 0.693. The molecular formula is C16H35N3. The van der Waals surface area contributed by atoms with Crippen molar-refractivity contribution < 1.29 is 0 Å². The summed E-state index contributed by atoms with van der Waals surface area (Å²) in [6.07, 6.45) is 4.01. The first-order chi connectivity index (χ1) is 8.95. The summed E-state index contributed by atoms with van der Waals surface area (Å²) in [7, 11) is 2.27. The summed E-state index contributed by atoms with van der Waals surface area (Å²) in [6, 6.07) is 0.571. The van der Waals surface area contributed by atoms with E-state index in [-0.39, 0.29) is 0 Å². The Labute approximate surface area is 120 Å². The van der Waals surface area contributed by atoms with Crippen LogP contribution in [-0.2, 0) is 0 Å². The molecule has 0 spiro atoms. The molecule has 0 amide bonds. The molecule has 1 N–H and O–H groups in total. The van der Waals surface area contributed by atoms with Crippen LogP contribution in [0, 0.1) is 5.41 Å². The van der Waals surface area contributed by atoms with Gasteiger partial charge in [0.1, 0.15) is 0 Å². The maximum atomic E-state index is 3.64. The van der Waals surface area contributed by atoms with Gasteiger partial charge >= 0.3 is 0 Å². The van der Waals surface area contributed by atoms with Crippen LogP contribution in [0.2, 0.25) is 0 Å². The molecule has 1 fully saturated rings. The summed E-state index contributed by atoms with van der Waals surface area (Å²) >= 11 is 0. The van der Waals surface area contributed by atoms with E-state index < -0.39 is 0 Å². The standard InChI is InChI=1S/C16H35N3/c1-6-9-17-15(2)16(3,4)14-18(5)12-13-19-10-7-8-11-19/h15,17H,6-14H2,1-5H3. The van der Waals surface area contributed by atoms with Crippen LogP contribution >= 0.6 is 0 Å². The second-order valence-corrected chi connectivity index (χ2v) is 6.95. The Kier molecular flexibility index (Phi) is 7.33. The van der Waals surface area contributed by atoms with Crippen molar-refractivity contribution in [3.8, 4) is 0 Å². The average Bonchev–Trinajstić information content (AvgIpc) is 2.85. The summed E-state index contributed by atoms with van der Waals surface area (Å²) in [5, 5.41) is 3.64. The molecule has 0 saturated carbocycles. The number of rotatable bonds is 9. The van der Waals surface area contributed by atoms with Gasteiger partial charge in [0, 0.05) is 25.7 Å². The molecule has 0 radical (unpaired) electrons. The Morgan fingerprint density at radius 1 is 1.26 bits per heavy atom. The van der Waals surface area contributed by atoms with Gasteiger partial charge in [-0.25, -0.2) is 0 Å². The van der Waals surface area contributed by atoms with Gasteiger partial charge in [0.05, 0.1) is 0 Å². The van der Waals surface area contributed by atoms with Crippen molar-refractivity contribution in [2.75, 3.05) is 46.3 Å². The zero-order valence-electron chi connectivity index (χ0n) is 13.8. The molecule has 1 heterocycles. The van der Waals surface area contributed by atoms with E-state index in [1.165, 1.54) is 52.0 Å². The van der Waals surface area contributed by atoms with Crippen molar-refractivity contribution in [1.29, 1.82) is 0 Å². The molecule has 1 atom stereocenters. The van der Waals surface area contributed by atoms with Gasteiger partial charge in [0.15, 0.2) is 0 Å². The fourth-order valence-corrected chi connectivity index (χ4v) is 2.87. The van der Waals surface area contributed by atoms with Gasteiger partial charge in [-0.05, 0) is 58.3 Å². The zero-order valence-corrected chi connectivity index (χ0v) is 13.8. The molecule has 1 unspecified atom stereocenters. The van der Waals surface area contributed by atoms with E-state index in [0.717, 1.165) is 6.54 Å². The van der Waals surface area contributed by atoms with E-state index in [9.17, 15) is 0 Å². The second-order valence-electron chi connectivity index (χ2n) is 6.95. The van der Waals surface area contributed by atoms with E-state index in [1.54, 1.807) is 0 Å². The van der Waals surface area contributed by atoms with E-state index in [4.69, 9.17) is 0 Å². The van der Waals surface area contributed by atoms with E-state index in [1.807, 2.05) is 0 Å². The van der Waals surface area contributed by atoms with Crippen molar-refractivity contribution >= 4 is 0 Å². The van der Waals surface area contributed by atoms with Crippen molar-refractivity contribution in [2.24, 2.45) is 5.41 Å². The van der Waals surface area contributed by atoms with E-state index in [2.05, 4.69) is 49.9 Å². The van der Waals surface area contributed by atoms with Gasteiger partial charge in [-0.1, -0.05) is 20.8 Å². The van der Waals surface area contributed by atoms with E-state index in [0.29, 0.717) is 11.5 Å². The molecule has 1 aliphatic rings. The number of nitrogens with zero attached hydrogens (tertiary/aromatic N) is 2.